The molecule has 0 aliphatic carbocycles. The van der Waals surface area contributed by atoms with Gasteiger partial charge in [0.2, 0.25) is 0 Å². The highest BCUT2D eigenvalue weighted by Crippen LogP contribution is 2.07. The van der Waals surface area contributed by atoms with E-state index in [0.29, 0.717) is 12.5 Å². The largest absolute Gasteiger partial charge is 0.375 e. The molecule has 0 saturated heterocycles. The van der Waals surface area contributed by atoms with Gasteiger partial charge in [0.25, 0.3) is 0 Å². The van der Waals surface area contributed by atoms with Crippen molar-refractivity contribution in [1.29, 1.82) is 0 Å². The molecule has 1 rings (SSSR count). The molecule has 14 heavy (non-hydrogen) atoms. The predicted molar refractivity (Wildman–Crippen MR) is 56.5 cm³/mol. The summed E-state index contributed by atoms with van der Waals surface area (Å²) in [5.74, 6) is 5.82. The van der Waals surface area contributed by atoms with E-state index in [9.17, 15) is 0 Å². The minimum absolute atomic E-state index is 0.535. The summed E-state index contributed by atoms with van der Waals surface area (Å²) in [6.07, 6.45) is 1.71. The third-order valence-corrected chi connectivity index (χ3v) is 1.68. The molecule has 1 aromatic heterocycles. The molecule has 0 unspecified atom stereocenters. The number of nitrogens with one attached hydrogen (secondary N) is 1. The van der Waals surface area contributed by atoms with Crippen LogP contribution in [-0.4, -0.2) is 11.6 Å². The van der Waals surface area contributed by atoms with Crippen molar-refractivity contribution in [2.45, 2.75) is 20.5 Å². The minimum atomic E-state index is 0.535. The molecule has 0 bridgehead atoms. The van der Waals surface area contributed by atoms with Crippen LogP contribution in [-0.2, 0) is 11.3 Å². The molecule has 0 saturated carbocycles. The van der Waals surface area contributed by atoms with Gasteiger partial charge < -0.3 is 10.2 Å². The van der Waals surface area contributed by atoms with Crippen LogP contribution in [0.3, 0.4) is 0 Å². The van der Waals surface area contributed by atoms with Crippen LogP contribution in [0.1, 0.15) is 19.5 Å². The van der Waals surface area contributed by atoms with Gasteiger partial charge in [0.05, 0.1) is 18.0 Å². The first-order valence-corrected chi connectivity index (χ1v) is 4.71. The van der Waals surface area contributed by atoms with Gasteiger partial charge in [-0.3, -0.25) is 10.8 Å². The lowest BCUT2D eigenvalue weighted by molar-refractivity contribution is 0.0948. The predicted octanol–water partition coefficient (Wildman–Crippen LogP) is 1.54. The lowest BCUT2D eigenvalue weighted by Gasteiger charge is -2.07. The molecule has 78 valence electrons. The summed E-state index contributed by atoms with van der Waals surface area (Å²) in [5.41, 5.74) is 4.31. The van der Waals surface area contributed by atoms with Crippen LogP contribution in [0, 0.1) is 5.92 Å². The summed E-state index contributed by atoms with van der Waals surface area (Å²) in [4.78, 5) is 4.16. The Balaban J connectivity index is 2.42. The minimum Gasteiger partial charge on any atom is -0.375 e. The maximum atomic E-state index is 5.45. The van der Waals surface area contributed by atoms with Gasteiger partial charge >= 0.3 is 0 Å². The number of nitrogens with zero attached hydrogens (tertiary/aromatic N) is 1. The highest BCUT2D eigenvalue weighted by atomic mass is 16.5. The van der Waals surface area contributed by atoms with E-state index < -0.39 is 0 Å². The fourth-order valence-electron chi connectivity index (χ4n) is 1.05. The second-order valence-electron chi connectivity index (χ2n) is 3.59. The lowest BCUT2D eigenvalue weighted by atomic mass is 10.2. The topological polar surface area (TPSA) is 60.2 Å². The van der Waals surface area contributed by atoms with Gasteiger partial charge in [0, 0.05) is 12.8 Å². The SMILES string of the molecule is CC(C)COCc1cc(NN)ccn1. The van der Waals surface area contributed by atoms with E-state index in [2.05, 4.69) is 24.3 Å². The Morgan fingerprint density at radius 1 is 1.57 bits per heavy atom. The fourth-order valence-corrected chi connectivity index (χ4v) is 1.05. The first kappa shape index (κ1) is 10.9. The number of hydrogen-bond acceptors (Lipinski definition) is 4. The molecule has 0 aromatic carbocycles. The molecule has 0 aliphatic rings. The van der Waals surface area contributed by atoms with Crippen molar-refractivity contribution in [2.24, 2.45) is 11.8 Å². The molecule has 3 N–H and O–H groups in total. The molecule has 0 amide bonds. The smallest absolute Gasteiger partial charge is 0.0888 e. The van der Waals surface area contributed by atoms with E-state index in [0.717, 1.165) is 18.0 Å². The van der Waals surface area contributed by atoms with E-state index in [-0.39, 0.29) is 0 Å². The molecule has 0 atom stereocenters. The van der Waals surface area contributed by atoms with E-state index in [1.54, 1.807) is 6.20 Å². The maximum absolute atomic E-state index is 5.45. The van der Waals surface area contributed by atoms with E-state index >= 15 is 0 Å². The maximum Gasteiger partial charge on any atom is 0.0888 e. The van der Waals surface area contributed by atoms with Gasteiger partial charge in [0.15, 0.2) is 0 Å². The average Bonchev–Trinajstić information content (AvgIpc) is 2.18. The number of ether oxygens (including phenoxy) is 1. The van der Waals surface area contributed by atoms with Gasteiger partial charge in [-0.25, -0.2) is 0 Å². The van der Waals surface area contributed by atoms with Gasteiger partial charge in [-0.15, -0.1) is 0 Å². The Morgan fingerprint density at radius 3 is 3.00 bits per heavy atom. The monoisotopic (exact) mass is 195 g/mol. The lowest BCUT2D eigenvalue weighted by Crippen LogP contribution is -2.08. The second kappa shape index (κ2) is 5.57. The van der Waals surface area contributed by atoms with Crippen molar-refractivity contribution in [3.63, 3.8) is 0 Å². The summed E-state index contributed by atoms with van der Waals surface area (Å²) in [6.45, 7) is 5.52. The molecule has 0 radical (unpaired) electrons. The standard InChI is InChI=1S/C10H17N3O/c1-8(2)6-14-7-10-5-9(13-11)3-4-12-10/h3-5,8H,6-7,11H2,1-2H3,(H,12,13). The molecule has 1 aromatic rings. The zero-order valence-corrected chi connectivity index (χ0v) is 8.66. The fraction of sp³-hybridized carbons (Fsp3) is 0.500. The number of hydrogen-bond donors (Lipinski definition) is 2. The zero-order chi connectivity index (χ0) is 10.4. The van der Waals surface area contributed by atoms with Crippen molar-refractivity contribution in [3.05, 3.63) is 24.0 Å². The van der Waals surface area contributed by atoms with Crippen LogP contribution in [0.5, 0.6) is 0 Å². The van der Waals surface area contributed by atoms with Crippen molar-refractivity contribution in [2.75, 3.05) is 12.0 Å². The molecule has 4 nitrogen and oxygen atoms in total. The molecular formula is C10H17N3O. The third-order valence-electron chi connectivity index (χ3n) is 1.68. The molecule has 0 spiro atoms. The Bertz CT molecular complexity index is 276. The van der Waals surface area contributed by atoms with Gasteiger partial charge in [-0.2, -0.15) is 0 Å². The van der Waals surface area contributed by atoms with Crippen LogP contribution >= 0.6 is 0 Å². The summed E-state index contributed by atoms with van der Waals surface area (Å²) in [5, 5.41) is 0. The number of pyridine rings is 1. The molecule has 1 heterocycles. The number of nitrogen functional groups attached to an aromatic ring is 1. The molecule has 0 fully saturated rings. The Kier molecular flexibility index (Phi) is 4.35. The molecular weight excluding hydrogens is 178 g/mol. The molecule has 0 aliphatic heterocycles. The number of rotatable bonds is 5. The van der Waals surface area contributed by atoms with E-state index in [4.69, 9.17) is 10.6 Å². The van der Waals surface area contributed by atoms with E-state index in [1.165, 1.54) is 0 Å². The highest BCUT2D eigenvalue weighted by molar-refractivity contribution is 5.41. The van der Waals surface area contributed by atoms with Gasteiger partial charge in [0.1, 0.15) is 0 Å². The van der Waals surface area contributed by atoms with Crippen LogP contribution in [0.4, 0.5) is 5.69 Å². The van der Waals surface area contributed by atoms with Crippen LogP contribution in [0.2, 0.25) is 0 Å². The van der Waals surface area contributed by atoms with Crippen LogP contribution < -0.4 is 11.3 Å². The number of anilines is 1. The summed E-state index contributed by atoms with van der Waals surface area (Å²) < 4.78 is 5.45. The van der Waals surface area contributed by atoms with Gasteiger partial charge in [-0.05, 0) is 18.1 Å². The first-order valence-electron chi connectivity index (χ1n) is 4.71. The van der Waals surface area contributed by atoms with E-state index in [1.807, 2.05) is 12.1 Å². The van der Waals surface area contributed by atoms with Gasteiger partial charge in [-0.1, -0.05) is 13.8 Å². The third kappa shape index (κ3) is 3.72. The van der Waals surface area contributed by atoms with Crippen molar-refractivity contribution in [1.82, 2.24) is 4.98 Å². The second-order valence-corrected chi connectivity index (χ2v) is 3.59. The highest BCUT2D eigenvalue weighted by Gasteiger charge is 1.98. The van der Waals surface area contributed by atoms with Crippen molar-refractivity contribution in [3.8, 4) is 0 Å². The van der Waals surface area contributed by atoms with Crippen LogP contribution in [0.25, 0.3) is 0 Å². The van der Waals surface area contributed by atoms with Crippen molar-refractivity contribution >= 4 is 5.69 Å². The Morgan fingerprint density at radius 2 is 2.36 bits per heavy atom. The average molecular weight is 195 g/mol. The summed E-state index contributed by atoms with van der Waals surface area (Å²) >= 11 is 0. The number of hydrazine groups is 1. The normalized spacial score (nSPS) is 10.6. The molecule has 4 heteroatoms. The quantitative estimate of drug-likeness (QED) is 0.552. The Hall–Kier alpha value is -1.13. The van der Waals surface area contributed by atoms with Crippen LogP contribution in [0.15, 0.2) is 18.3 Å². The number of aromatic nitrogens is 1. The number of nitrogens with two attached hydrogens (primary N) is 1. The zero-order valence-electron chi connectivity index (χ0n) is 8.66. The first-order chi connectivity index (χ1) is 6.72. The summed E-state index contributed by atoms with van der Waals surface area (Å²) in [6, 6.07) is 3.69. The van der Waals surface area contributed by atoms with Crippen molar-refractivity contribution < 1.29 is 4.74 Å². The summed E-state index contributed by atoms with van der Waals surface area (Å²) in [7, 11) is 0. The Labute approximate surface area is 84.4 Å².